The highest BCUT2D eigenvalue weighted by atomic mass is 16.5. The second kappa shape index (κ2) is 7.05. The molecule has 0 bridgehead atoms. The van der Waals surface area contributed by atoms with Gasteiger partial charge in [-0.1, -0.05) is 83.1 Å². The average Bonchev–Trinajstić information content (AvgIpc) is 3.42. The number of nitrogens with zero attached hydrogens (tertiary/aromatic N) is 4. The number of aromatic nitrogens is 4. The van der Waals surface area contributed by atoms with Crippen LogP contribution in [0.3, 0.4) is 0 Å². The number of hydrogen-bond acceptors (Lipinski definition) is 6. The number of hydrogen-bond donors (Lipinski definition) is 0. The molecule has 0 N–H and O–H groups in total. The second-order valence-corrected chi connectivity index (χ2v) is 6.28. The van der Waals surface area contributed by atoms with Gasteiger partial charge in [-0.3, -0.25) is 4.52 Å². The van der Waals surface area contributed by atoms with Crippen LogP contribution in [0.2, 0.25) is 0 Å². The lowest BCUT2D eigenvalue weighted by atomic mass is 10.1. The van der Waals surface area contributed by atoms with Gasteiger partial charge in [0.15, 0.2) is 5.82 Å². The second-order valence-electron chi connectivity index (χ2n) is 6.28. The Morgan fingerprint density at radius 3 is 2.10 bits per heavy atom. The summed E-state index contributed by atoms with van der Waals surface area (Å²) in [6.45, 7) is 0. The fraction of sp³-hybridized carbons (Fsp3) is 0. The third-order valence-corrected chi connectivity index (χ3v) is 4.47. The van der Waals surface area contributed by atoms with Gasteiger partial charge in [-0.15, -0.1) is 0 Å². The Kier molecular flexibility index (Phi) is 4.10. The summed E-state index contributed by atoms with van der Waals surface area (Å²) in [5, 5.41) is 8.03. The van der Waals surface area contributed by atoms with E-state index in [1.807, 2.05) is 78.9 Å². The Bertz CT molecular complexity index is 1320. The molecular weight excluding hydrogens is 368 g/mol. The minimum Gasteiger partial charge on any atom is -0.334 e. The van der Waals surface area contributed by atoms with Crippen LogP contribution in [0.4, 0.5) is 0 Å². The molecule has 0 aliphatic heterocycles. The van der Waals surface area contributed by atoms with E-state index in [4.69, 9.17) is 9.05 Å². The molecule has 29 heavy (non-hydrogen) atoms. The summed E-state index contributed by atoms with van der Waals surface area (Å²) in [5.74, 6) is 0.563. The van der Waals surface area contributed by atoms with Gasteiger partial charge in [0, 0.05) is 11.1 Å². The fourth-order valence-corrected chi connectivity index (χ4v) is 3.12. The standard InChI is InChI=1S/C22H14N4O3/c27-22-26(20(25-29-22)16-11-5-2-6-12-16)18-14-8-7-13-17(18)21-23-19(24-28-21)15-9-3-1-4-10-15/h1-14H. The zero-order valence-corrected chi connectivity index (χ0v) is 15.1. The molecule has 0 amide bonds. The molecule has 0 aliphatic rings. The van der Waals surface area contributed by atoms with Crippen LogP contribution in [-0.4, -0.2) is 19.9 Å². The summed E-state index contributed by atoms with van der Waals surface area (Å²) in [5.41, 5.74) is 2.74. The van der Waals surface area contributed by atoms with E-state index in [-0.39, 0.29) is 0 Å². The molecule has 0 saturated carbocycles. The fourth-order valence-electron chi connectivity index (χ4n) is 3.12. The van der Waals surface area contributed by atoms with E-state index in [1.165, 1.54) is 4.57 Å². The molecule has 140 valence electrons. The van der Waals surface area contributed by atoms with Gasteiger partial charge in [0.05, 0.1) is 11.3 Å². The Morgan fingerprint density at radius 1 is 0.690 bits per heavy atom. The van der Waals surface area contributed by atoms with E-state index in [0.717, 1.165) is 11.1 Å². The van der Waals surface area contributed by atoms with Crippen LogP contribution in [0, 0.1) is 0 Å². The molecule has 0 spiro atoms. The van der Waals surface area contributed by atoms with Gasteiger partial charge in [0.1, 0.15) is 0 Å². The minimum absolute atomic E-state index is 0.298. The summed E-state index contributed by atoms with van der Waals surface area (Å²) in [4.78, 5) is 17.0. The summed E-state index contributed by atoms with van der Waals surface area (Å²) in [6.07, 6.45) is 0. The zero-order chi connectivity index (χ0) is 19.6. The normalized spacial score (nSPS) is 10.9. The Morgan fingerprint density at radius 2 is 1.34 bits per heavy atom. The SMILES string of the molecule is O=c1onc(-c2ccccc2)n1-c1ccccc1-c1nc(-c2ccccc2)no1. The summed E-state index contributed by atoms with van der Waals surface area (Å²) in [7, 11) is 0. The predicted molar refractivity (Wildman–Crippen MR) is 106 cm³/mol. The van der Waals surface area contributed by atoms with Crippen LogP contribution < -0.4 is 5.76 Å². The molecule has 0 fully saturated rings. The van der Waals surface area contributed by atoms with Gasteiger partial charge in [-0.2, -0.15) is 4.98 Å². The molecule has 0 aliphatic carbocycles. The van der Waals surface area contributed by atoms with Gasteiger partial charge >= 0.3 is 5.76 Å². The van der Waals surface area contributed by atoms with Crippen molar-refractivity contribution in [1.82, 2.24) is 19.9 Å². The maximum Gasteiger partial charge on any atom is 0.446 e. The Balaban J connectivity index is 1.65. The van der Waals surface area contributed by atoms with Gasteiger partial charge in [0.2, 0.25) is 5.82 Å². The summed E-state index contributed by atoms with van der Waals surface area (Å²) < 4.78 is 11.9. The number of para-hydroxylation sites is 1. The summed E-state index contributed by atoms with van der Waals surface area (Å²) in [6, 6.07) is 26.1. The molecular formula is C22H14N4O3. The van der Waals surface area contributed by atoms with Gasteiger partial charge in [0.25, 0.3) is 5.89 Å². The third-order valence-electron chi connectivity index (χ3n) is 4.47. The first-order valence-corrected chi connectivity index (χ1v) is 8.94. The maximum absolute atomic E-state index is 12.5. The molecule has 7 heteroatoms. The van der Waals surface area contributed by atoms with E-state index in [9.17, 15) is 4.79 Å². The van der Waals surface area contributed by atoms with E-state index < -0.39 is 5.76 Å². The summed E-state index contributed by atoms with van der Waals surface area (Å²) >= 11 is 0. The van der Waals surface area contributed by atoms with E-state index in [0.29, 0.717) is 28.8 Å². The highest BCUT2D eigenvalue weighted by molar-refractivity contribution is 5.70. The van der Waals surface area contributed by atoms with Crippen LogP contribution >= 0.6 is 0 Å². The lowest BCUT2D eigenvalue weighted by Crippen LogP contribution is -2.14. The topological polar surface area (TPSA) is 87.0 Å². The molecule has 7 nitrogen and oxygen atoms in total. The van der Waals surface area contributed by atoms with Gasteiger partial charge in [-0.25, -0.2) is 9.36 Å². The molecule has 5 aromatic rings. The molecule has 2 heterocycles. The molecule has 0 saturated heterocycles. The third kappa shape index (κ3) is 3.04. The number of rotatable bonds is 4. The molecule has 3 aromatic carbocycles. The predicted octanol–water partition coefficient (Wildman–Crippen LogP) is 4.21. The van der Waals surface area contributed by atoms with E-state index >= 15 is 0 Å². The van der Waals surface area contributed by atoms with Crippen molar-refractivity contribution in [3.63, 3.8) is 0 Å². The lowest BCUT2D eigenvalue weighted by molar-refractivity contribution is 0.383. The van der Waals surface area contributed by atoms with Crippen LogP contribution in [0.1, 0.15) is 0 Å². The monoisotopic (exact) mass is 382 g/mol. The molecule has 0 unspecified atom stereocenters. The maximum atomic E-state index is 12.5. The van der Waals surface area contributed by atoms with Crippen LogP contribution in [-0.2, 0) is 0 Å². The highest BCUT2D eigenvalue weighted by Gasteiger charge is 2.20. The first-order valence-electron chi connectivity index (χ1n) is 8.94. The van der Waals surface area contributed by atoms with Crippen molar-refractivity contribution in [2.75, 3.05) is 0 Å². The van der Waals surface area contributed by atoms with Crippen LogP contribution in [0.25, 0.3) is 39.9 Å². The lowest BCUT2D eigenvalue weighted by Gasteiger charge is -2.08. The largest absolute Gasteiger partial charge is 0.446 e. The zero-order valence-electron chi connectivity index (χ0n) is 15.1. The van der Waals surface area contributed by atoms with Crippen molar-refractivity contribution < 1.29 is 9.05 Å². The van der Waals surface area contributed by atoms with E-state index in [2.05, 4.69) is 15.3 Å². The van der Waals surface area contributed by atoms with Crippen LogP contribution in [0.5, 0.6) is 0 Å². The first-order chi connectivity index (χ1) is 14.3. The van der Waals surface area contributed by atoms with Crippen molar-refractivity contribution in [3.8, 4) is 39.9 Å². The molecule has 0 atom stereocenters. The molecule has 5 rings (SSSR count). The van der Waals surface area contributed by atoms with Crippen molar-refractivity contribution >= 4 is 0 Å². The smallest absolute Gasteiger partial charge is 0.334 e. The molecule has 0 radical (unpaired) electrons. The van der Waals surface area contributed by atoms with Crippen molar-refractivity contribution in [3.05, 3.63) is 95.5 Å². The van der Waals surface area contributed by atoms with Gasteiger partial charge in [-0.05, 0) is 12.1 Å². The van der Waals surface area contributed by atoms with E-state index in [1.54, 1.807) is 6.07 Å². The first kappa shape index (κ1) is 16.9. The Hall–Kier alpha value is -4.26. The van der Waals surface area contributed by atoms with Crippen molar-refractivity contribution in [1.29, 1.82) is 0 Å². The molecule has 2 aromatic heterocycles. The number of benzene rings is 3. The average molecular weight is 382 g/mol. The minimum atomic E-state index is -0.598. The highest BCUT2D eigenvalue weighted by Crippen LogP contribution is 2.29. The van der Waals surface area contributed by atoms with Gasteiger partial charge < -0.3 is 4.52 Å². The van der Waals surface area contributed by atoms with Crippen molar-refractivity contribution in [2.24, 2.45) is 0 Å². The quantitative estimate of drug-likeness (QED) is 0.463. The Labute approximate surface area is 164 Å². The van der Waals surface area contributed by atoms with Crippen molar-refractivity contribution in [2.45, 2.75) is 0 Å². The van der Waals surface area contributed by atoms with Crippen LogP contribution in [0.15, 0.2) is 98.8 Å².